The zero-order valence-electron chi connectivity index (χ0n) is 8.82. The van der Waals surface area contributed by atoms with Crippen molar-refractivity contribution in [1.29, 1.82) is 0 Å². The summed E-state index contributed by atoms with van der Waals surface area (Å²) in [5.41, 5.74) is 5.97. The van der Waals surface area contributed by atoms with Gasteiger partial charge in [-0.25, -0.2) is 0 Å². The smallest absolute Gasteiger partial charge is 0.134 e. The van der Waals surface area contributed by atoms with Crippen molar-refractivity contribution in [2.75, 3.05) is 13.7 Å². The Morgan fingerprint density at radius 1 is 1.50 bits per heavy atom. The van der Waals surface area contributed by atoms with Crippen molar-refractivity contribution in [1.82, 2.24) is 0 Å². The molecule has 0 aliphatic carbocycles. The first-order valence-corrected chi connectivity index (χ1v) is 5.51. The van der Waals surface area contributed by atoms with E-state index < -0.39 is 0 Å². The van der Waals surface area contributed by atoms with Crippen LogP contribution in [0.3, 0.4) is 0 Å². The van der Waals surface area contributed by atoms with Gasteiger partial charge in [-0.2, -0.15) is 0 Å². The summed E-state index contributed by atoms with van der Waals surface area (Å²) in [5.74, 6) is 0.856. The molecule has 0 amide bonds. The second-order valence-electron chi connectivity index (χ2n) is 3.34. The number of methoxy groups -OCH3 is 1. The first-order valence-electron chi connectivity index (χ1n) is 4.63. The molecular formula is C10H17NO2S. The molecule has 1 rings (SSSR count). The molecular weight excluding hydrogens is 198 g/mol. The standard InChI is InChI=1S/C10H17NO2S/c1-7(2)13-6-8(11)10-9(12-3)4-5-14-10/h4-5,7-8H,6,11H2,1-3H3. The van der Waals surface area contributed by atoms with Crippen molar-refractivity contribution in [3.8, 4) is 5.75 Å². The number of thiophene rings is 1. The number of hydrogen-bond acceptors (Lipinski definition) is 4. The maximum absolute atomic E-state index is 5.97. The van der Waals surface area contributed by atoms with Gasteiger partial charge >= 0.3 is 0 Å². The van der Waals surface area contributed by atoms with Gasteiger partial charge in [0.1, 0.15) is 5.75 Å². The van der Waals surface area contributed by atoms with Crippen molar-refractivity contribution in [3.05, 3.63) is 16.3 Å². The molecule has 80 valence electrons. The Bertz CT molecular complexity index is 273. The Balaban J connectivity index is 2.55. The molecule has 1 aromatic rings. The van der Waals surface area contributed by atoms with Crippen molar-refractivity contribution in [2.45, 2.75) is 26.0 Å². The van der Waals surface area contributed by atoms with E-state index in [-0.39, 0.29) is 12.1 Å². The normalized spacial score (nSPS) is 13.2. The molecule has 0 saturated carbocycles. The fourth-order valence-corrected chi connectivity index (χ4v) is 1.97. The minimum absolute atomic E-state index is 0.0904. The average molecular weight is 215 g/mol. The van der Waals surface area contributed by atoms with Gasteiger partial charge in [0.05, 0.1) is 30.7 Å². The first kappa shape index (κ1) is 11.5. The van der Waals surface area contributed by atoms with Crippen LogP contribution in [-0.4, -0.2) is 19.8 Å². The average Bonchev–Trinajstić information content (AvgIpc) is 2.61. The van der Waals surface area contributed by atoms with Crippen LogP contribution in [0.5, 0.6) is 5.75 Å². The Labute approximate surface area is 88.8 Å². The lowest BCUT2D eigenvalue weighted by Gasteiger charge is -2.14. The van der Waals surface area contributed by atoms with Crippen LogP contribution in [-0.2, 0) is 4.74 Å². The highest BCUT2D eigenvalue weighted by molar-refractivity contribution is 7.10. The van der Waals surface area contributed by atoms with Crippen molar-refractivity contribution < 1.29 is 9.47 Å². The third-order valence-corrected chi connectivity index (χ3v) is 2.85. The number of hydrogen-bond donors (Lipinski definition) is 1. The zero-order valence-corrected chi connectivity index (χ0v) is 9.64. The highest BCUT2D eigenvalue weighted by Gasteiger charge is 2.13. The summed E-state index contributed by atoms with van der Waals surface area (Å²) < 4.78 is 10.6. The van der Waals surface area contributed by atoms with E-state index in [1.54, 1.807) is 18.4 Å². The van der Waals surface area contributed by atoms with Crippen LogP contribution < -0.4 is 10.5 Å². The molecule has 0 saturated heterocycles. The molecule has 0 aliphatic heterocycles. The minimum Gasteiger partial charge on any atom is -0.496 e. The minimum atomic E-state index is -0.0904. The van der Waals surface area contributed by atoms with Crippen LogP contribution in [0.1, 0.15) is 24.8 Å². The van der Waals surface area contributed by atoms with Crippen LogP contribution in [0.4, 0.5) is 0 Å². The number of nitrogens with two attached hydrogens (primary N) is 1. The van der Waals surface area contributed by atoms with Crippen LogP contribution >= 0.6 is 11.3 Å². The Kier molecular flexibility index (Phi) is 4.38. The summed E-state index contributed by atoms with van der Waals surface area (Å²) >= 11 is 1.60. The van der Waals surface area contributed by atoms with Gasteiger partial charge in [0, 0.05) is 0 Å². The Morgan fingerprint density at radius 3 is 2.79 bits per heavy atom. The molecule has 0 fully saturated rings. The summed E-state index contributed by atoms with van der Waals surface area (Å²) in [7, 11) is 1.65. The quantitative estimate of drug-likeness (QED) is 0.818. The molecule has 1 aromatic heterocycles. The summed E-state index contributed by atoms with van der Waals surface area (Å²) in [5, 5.41) is 1.98. The second kappa shape index (κ2) is 5.34. The molecule has 1 atom stereocenters. The highest BCUT2D eigenvalue weighted by Crippen LogP contribution is 2.29. The molecule has 14 heavy (non-hydrogen) atoms. The van der Waals surface area contributed by atoms with Crippen LogP contribution in [0.25, 0.3) is 0 Å². The van der Waals surface area contributed by atoms with Crippen LogP contribution in [0, 0.1) is 0 Å². The number of rotatable bonds is 5. The van der Waals surface area contributed by atoms with Gasteiger partial charge in [-0.05, 0) is 25.3 Å². The molecule has 1 heterocycles. The zero-order chi connectivity index (χ0) is 10.6. The first-order chi connectivity index (χ1) is 6.65. The molecule has 0 bridgehead atoms. The predicted octanol–water partition coefficient (Wildman–Crippen LogP) is 2.18. The van der Waals surface area contributed by atoms with Gasteiger partial charge in [-0.15, -0.1) is 11.3 Å². The second-order valence-corrected chi connectivity index (χ2v) is 4.29. The third-order valence-electron chi connectivity index (χ3n) is 1.82. The molecule has 0 aromatic carbocycles. The summed E-state index contributed by atoms with van der Waals surface area (Å²) in [6.07, 6.45) is 0.215. The SMILES string of the molecule is COc1ccsc1C(N)COC(C)C. The van der Waals surface area contributed by atoms with Gasteiger partial charge in [-0.1, -0.05) is 0 Å². The number of ether oxygens (including phenoxy) is 2. The van der Waals surface area contributed by atoms with Gasteiger partial charge in [0.15, 0.2) is 0 Å². The Morgan fingerprint density at radius 2 is 2.21 bits per heavy atom. The maximum Gasteiger partial charge on any atom is 0.134 e. The van der Waals surface area contributed by atoms with E-state index in [2.05, 4.69) is 0 Å². The van der Waals surface area contributed by atoms with E-state index in [1.165, 1.54) is 0 Å². The molecule has 0 spiro atoms. The highest BCUT2D eigenvalue weighted by atomic mass is 32.1. The molecule has 0 radical (unpaired) electrons. The third kappa shape index (κ3) is 2.97. The molecule has 1 unspecified atom stereocenters. The predicted molar refractivity (Wildman–Crippen MR) is 58.9 cm³/mol. The molecule has 2 N–H and O–H groups in total. The van der Waals surface area contributed by atoms with Gasteiger partial charge in [0.2, 0.25) is 0 Å². The van der Waals surface area contributed by atoms with E-state index in [0.717, 1.165) is 10.6 Å². The van der Waals surface area contributed by atoms with E-state index in [1.807, 2.05) is 25.3 Å². The molecule has 0 aliphatic rings. The summed E-state index contributed by atoms with van der Waals surface area (Å²) in [6, 6.07) is 1.84. The molecule has 4 heteroatoms. The van der Waals surface area contributed by atoms with Gasteiger partial charge in [-0.3, -0.25) is 0 Å². The fourth-order valence-electron chi connectivity index (χ4n) is 1.12. The largest absolute Gasteiger partial charge is 0.496 e. The van der Waals surface area contributed by atoms with E-state index in [4.69, 9.17) is 15.2 Å². The Hall–Kier alpha value is -0.580. The summed E-state index contributed by atoms with van der Waals surface area (Å²) in [6.45, 7) is 4.53. The monoisotopic (exact) mass is 215 g/mol. The van der Waals surface area contributed by atoms with Crippen LogP contribution in [0.15, 0.2) is 11.4 Å². The van der Waals surface area contributed by atoms with Gasteiger partial charge in [0.25, 0.3) is 0 Å². The van der Waals surface area contributed by atoms with E-state index >= 15 is 0 Å². The van der Waals surface area contributed by atoms with Gasteiger partial charge < -0.3 is 15.2 Å². The lowest BCUT2D eigenvalue weighted by molar-refractivity contribution is 0.0685. The fraction of sp³-hybridized carbons (Fsp3) is 0.600. The van der Waals surface area contributed by atoms with Crippen molar-refractivity contribution in [3.63, 3.8) is 0 Å². The lowest BCUT2D eigenvalue weighted by atomic mass is 10.2. The summed E-state index contributed by atoms with van der Waals surface area (Å²) in [4.78, 5) is 1.05. The lowest BCUT2D eigenvalue weighted by Crippen LogP contribution is -2.19. The van der Waals surface area contributed by atoms with Crippen LogP contribution in [0.2, 0.25) is 0 Å². The van der Waals surface area contributed by atoms with E-state index in [9.17, 15) is 0 Å². The molecule has 3 nitrogen and oxygen atoms in total. The van der Waals surface area contributed by atoms with E-state index in [0.29, 0.717) is 6.61 Å². The van der Waals surface area contributed by atoms with Crippen molar-refractivity contribution >= 4 is 11.3 Å². The van der Waals surface area contributed by atoms with Crippen molar-refractivity contribution in [2.24, 2.45) is 5.73 Å². The maximum atomic E-state index is 5.97. The topological polar surface area (TPSA) is 44.5 Å².